The third-order valence-electron chi connectivity index (χ3n) is 2.32. The van der Waals surface area contributed by atoms with E-state index in [9.17, 15) is 9.59 Å². The minimum absolute atomic E-state index is 0.314. The van der Waals surface area contributed by atoms with Crippen LogP contribution < -0.4 is 5.32 Å². The Labute approximate surface area is 108 Å². The Morgan fingerprint density at radius 1 is 1.28 bits per heavy atom. The number of hydrogen-bond acceptors (Lipinski definition) is 3. The van der Waals surface area contributed by atoms with E-state index >= 15 is 0 Å². The maximum Gasteiger partial charge on any atom is 0.408 e. The van der Waals surface area contributed by atoms with Crippen molar-refractivity contribution in [3.8, 4) is 0 Å². The average Bonchev–Trinajstić information content (AvgIpc) is 2.33. The van der Waals surface area contributed by atoms with Crippen molar-refractivity contribution < 1.29 is 19.4 Å². The van der Waals surface area contributed by atoms with Crippen LogP contribution in [0.1, 0.15) is 46.0 Å². The fraction of sp³-hybridized carbons (Fsp3) is 0.692. The standard InChI is InChI=1S/C13H23NO4/c1-3-5-7-8-9-11(12(15)16)14-13(17)18-10-6-4-2/h8-9,11H,3-7,10H2,1-2H3,(H,14,17)(H,15,16). The summed E-state index contributed by atoms with van der Waals surface area (Å²) in [7, 11) is 0. The molecule has 1 unspecified atom stereocenters. The first-order valence-electron chi connectivity index (χ1n) is 6.44. The number of alkyl carbamates (subject to hydrolysis) is 1. The molecule has 1 amide bonds. The maximum atomic E-state index is 11.3. The Kier molecular flexibility index (Phi) is 9.73. The van der Waals surface area contributed by atoms with Gasteiger partial charge in [-0.2, -0.15) is 0 Å². The highest BCUT2D eigenvalue weighted by molar-refractivity contribution is 5.81. The predicted molar refractivity (Wildman–Crippen MR) is 69.5 cm³/mol. The van der Waals surface area contributed by atoms with Gasteiger partial charge in [-0.1, -0.05) is 45.3 Å². The fourth-order valence-corrected chi connectivity index (χ4v) is 1.22. The summed E-state index contributed by atoms with van der Waals surface area (Å²) in [5.41, 5.74) is 0. The van der Waals surface area contributed by atoms with Gasteiger partial charge in [-0.05, 0) is 12.8 Å². The quantitative estimate of drug-likeness (QED) is 0.492. The molecule has 0 aromatic rings. The molecule has 0 rings (SSSR count). The minimum Gasteiger partial charge on any atom is -0.479 e. The van der Waals surface area contributed by atoms with Crippen LogP contribution in [0.3, 0.4) is 0 Å². The molecule has 0 spiro atoms. The van der Waals surface area contributed by atoms with Crippen molar-refractivity contribution in [2.75, 3.05) is 6.61 Å². The van der Waals surface area contributed by atoms with Gasteiger partial charge in [0.1, 0.15) is 6.04 Å². The molecule has 5 nitrogen and oxygen atoms in total. The molecular weight excluding hydrogens is 234 g/mol. The van der Waals surface area contributed by atoms with Gasteiger partial charge < -0.3 is 15.2 Å². The van der Waals surface area contributed by atoms with Crippen LogP contribution in [0.25, 0.3) is 0 Å². The number of unbranched alkanes of at least 4 members (excludes halogenated alkanes) is 3. The number of amides is 1. The zero-order valence-electron chi connectivity index (χ0n) is 11.1. The van der Waals surface area contributed by atoms with Crippen molar-refractivity contribution >= 4 is 12.1 Å². The van der Waals surface area contributed by atoms with Crippen molar-refractivity contribution in [1.29, 1.82) is 0 Å². The van der Waals surface area contributed by atoms with Gasteiger partial charge in [-0.15, -0.1) is 0 Å². The first kappa shape index (κ1) is 16.5. The second kappa shape index (κ2) is 10.6. The second-order valence-electron chi connectivity index (χ2n) is 4.02. The lowest BCUT2D eigenvalue weighted by Crippen LogP contribution is -2.39. The van der Waals surface area contributed by atoms with E-state index < -0.39 is 18.1 Å². The Hall–Kier alpha value is -1.52. The largest absolute Gasteiger partial charge is 0.479 e. The summed E-state index contributed by atoms with van der Waals surface area (Å²) in [6.07, 6.45) is 7.14. The molecule has 5 heteroatoms. The van der Waals surface area contributed by atoms with Gasteiger partial charge in [0.2, 0.25) is 0 Å². The summed E-state index contributed by atoms with van der Waals surface area (Å²) < 4.78 is 4.84. The molecule has 0 aromatic heterocycles. The SMILES string of the molecule is CCCCC=CC(NC(=O)OCCCC)C(=O)O. The molecule has 104 valence electrons. The van der Waals surface area contributed by atoms with Crippen molar-refractivity contribution in [2.45, 2.75) is 52.0 Å². The highest BCUT2D eigenvalue weighted by atomic mass is 16.5. The Balaban J connectivity index is 4.06. The molecule has 0 aliphatic heterocycles. The normalized spacial score (nSPS) is 12.3. The third-order valence-corrected chi connectivity index (χ3v) is 2.32. The molecule has 0 aromatic carbocycles. The summed E-state index contributed by atoms with van der Waals surface area (Å²) in [6, 6.07) is -1.02. The lowest BCUT2D eigenvalue weighted by Gasteiger charge is -2.10. The van der Waals surface area contributed by atoms with E-state index in [0.29, 0.717) is 6.61 Å². The highest BCUT2D eigenvalue weighted by Crippen LogP contribution is 1.98. The van der Waals surface area contributed by atoms with Crippen LogP contribution in [0, 0.1) is 0 Å². The molecule has 0 aliphatic rings. The second-order valence-corrected chi connectivity index (χ2v) is 4.02. The number of carbonyl (C=O) groups excluding carboxylic acids is 1. The fourth-order valence-electron chi connectivity index (χ4n) is 1.22. The molecule has 0 radical (unpaired) electrons. The molecule has 1 atom stereocenters. The molecule has 0 saturated heterocycles. The van der Waals surface area contributed by atoms with Crippen molar-refractivity contribution in [3.05, 3.63) is 12.2 Å². The van der Waals surface area contributed by atoms with Crippen LogP contribution in [0.4, 0.5) is 4.79 Å². The van der Waals surface area contributed by atoms with Crippen molar-refractivity contribution in [1.82, 2.24) is 5.32 Å². The number of carboxylic acids is 1. The van der Waals surface area contributed by atoms with Gasteiger partial charge in [0.25, 0.3) is 0 Å². The Bertz CT molecular complexity index is 276. The molecule has 0 heterocycles. The summed E-state index contributed by atoms with van der Waals surface area (Å²) in [5.74, 6) is -1.09. The smallest absolute Gasteiger partial charge is 0.408 e. The van der Waals surface area contributed by atoms with Gasteiger partial charge in [0, 0.05) is 0 Å². The number of nitrogens with one attached hydrogen (secondary N) is 1. The van der Waals surface area contributed by atoms with Gasteiger partial charge >= 0.3 is 12.1 Å². The summed E-state index contributed by atoms with van der Waals surface area (Å²) in [4.78, 5) is 22.2. The van der Waals surface area contributed by atoms with Crippen molar-refractivity contribution in [3.63, 3.8) is 0 Å². The number of allylic oxidation sites excluding steroid dienone is 1. The van der Waals surface area contributed by atoms with E-state index in [4.69, 9.17) is 9.84 Å². The van der Waals surface area contributed by atoms with Gasteiger partial charge in [-0.3, -0.25) is 0 Å². The Morgan fingerprint density at radius 2 is 1.94 bits per heavy atom. The van der Waals surface area contributed by atoms with E-state index in [1.54, 1.807) is 6.08 Å². The van der Waals surface area contributed by atoms with Gasteiger partial charge in [-0.25, -0.2) is 9.59 Å². The van der Waals surface area contributed by atoms with E-state index in [1.165, 1.54) is 6.08 Å². The first-order valence-corrected chi connectivity index (χ1v) is 6.44. The number of carbonyl (C=O) groups is 2. The monoisotopic (exact) mass is 257 g/mol. The maximum absolute atomic E-state index is 11.3. The molecule has 18 heavy (non-hydrogen) atoms. The number of ether oxygens (including phenoxy) is 1. The van der Waals surface area contributed by atoms with Crippen molar-refractivity contribution in [2.24, 2.45) is 0 Å². The van der Waals surface area contributed by atoms with E-state index in [-0.39, 0.29) is 0 Å². The minimum atomic E-state index is -1.09. The molecule has 0 aliphatic carbocycles. The lowest BCUT2D eigenvalue weighted by molar-refractivity contribution is -0.138. The third kappa shape index (κ3) is 8.61. The lowest BCUT2D eigenvalue weighted by atomic mass is 10.2. The van der Waals surface area contributed by atoms with Crippen LogP contribution >= 0.6 is 0 Å². The summed E-state index contributed by atoms with van der Waals surface area (Å²) in [6.45, 7) is 4.36. The highest BCUT2D eigenvalue weighted by Gasteiger charge is 2.16. The molecular formula is C13H23NO4. The Morgan fingerprint density at radius 3 is 2.50 bits per heavy atom. The van der Waals surface area contributed by atoms with Gasteiger partial charge in [0.05, 0.1) is 6.61 Å². The van der Waals surface area contributed by atoms with Crippen LogP contribution in [0.2, 0.25) is 0 Å². The zero-order valence-corrected chi connectivity index (χ0v) is 11.1. The van der Waals surface area contributed by atoms with Crippen LogP contribution in [0.15, 0.2) is 12.2 Å². The van der Waals surface area contributed by atoms with E-state index in [1.807, 2.05) is 6.92 Å². The average molecular weight is 257 g/mol. The van der Waals surface area contributed by atoms with Crippen LogP contribution in [0.5, 0.6) is 0 Å². The summed E-state index contributed by atoms with van der Waals surface area (Å²) >= 11 is 0. The van der Waals surface area contributed by atoms with Gasteiger partial charge in [0.15, 0.2) is 0 Å². The molecule has 0 fully saturated rings. The number of carboxylic acid groups (broad SMARTS) is 1. The molecule has 0 saturated carbocycles. The number of hydrogen-bond donors (Lipinski definition) is 2. The first-order chi connectivity index (χ1) is 8.61. The predicted octanol–water partition coefficient (Wildman–Crippen LogP) is 2.71. The van der Waals surface area contributed by atoms with Crippen LogP contribution in [-0.4, -0.2) is 29.8 Å². The van der Waals surface area contributed by atoms with E-state index in [2.05, 4.69) is 12.2 Å². The van der Waals surface area contributed by atoms with Crippen LogP contribution in [-0.2, 0) is 9.53 Å². The number of aliphatic carboxylic acids is 1. The summed E-state index contributed by atoms with van der Waals surface area (Å²) in [5, 5.41) is 11.2. The van der Waals surface area contributed by atoms with E-state index in [0.717, 1.165) is 32.1 Å². The zero-order chi connectivity index (χ0) is 13.8. The molecule has 0 bridgehead atoms. The molecule has 2 N–H and O–H groups in total. The number of rotatable bonds is 9. The topological polar surface area (TPSA) is 75.6 Å².